The minimum Gasteiger partial charge on any atom is -0.369 e. The average molecular weight is 409 g/mol. The molecule has 1 aliphatic rings. The van der Waals surface area contributed by atoms with E-state index in [1.807, 2.05) is 13.0 Å². The summed E-state index contributed by atoms with van der Waals surface area (Å²) in [5.41, 5.74) is 3.95. The van der Waals surface area contributed by atoms with E-state index in [2.05, 4.69) is 44.4 Å². The van der Waals surface area contributed by atoms with Gasteiger partial charge in [0.25, 0.3) is 0 Å². The van der Waals surface area contributed by atoms with Gasteiger partial charge in [-0.1, -0.05) is 18.2 Å². The number of hydrogen-bond donors (Lipinski definition) is 2. The summed E-state index contributed by atoms with van der Waals surface area (Å²) in [6.07, 6.45) is 1.20. The topological polar surface area (TPSA) is 51.4 Å². The second-order valence-electron chi connectivity index (χ2n) is 7.96. The van der Waals surface area contributed by atoms with Crippen LogP contribution in [0.3, 0.4) is 0 Å². The van der Waals surface area contributed by atoms with Crippen LogP contribution in [0.4, 0.5) is 10.1 Å². The van der Waals surface area contributed by atoms with Crippen LogP contribution in [-0.2, 0) is 11.2 Å². The molecule has 0 unspecified atom stereocenters. The zero-order valence-electron chi connectivity index (χ0n) is 17.5. The Morgan fingerprint density at radius 3 is 2.63 bits per heavy atom. The standard InChI is InChI=1S/C24H29FN4O/c1-18-21(22-16-19(25)8-9-23(22)27-18)17-24(30)26-10-5-11-28-12-14-29(15-13-28)20-6-3-2-4-7-20/h2-4,6-9,16,27H,5,10-15,17H2,1H3,(H,26,30). The van der Waals surface area contributed by atoms with Crippen LogP contribution < -0.4 is 10.2 Å². The molecule has 0 bridgehead atoms. The van der Waals surface area contributed by atoms with Gasteiger partial charge in [0.15, 0.2) is 0 Å². The van der Waals surface area contributed by atoms with E-state index in [-0.39, 0.29) is 18.1 Å². The lowest BCUT2D eigenvalue weighted by Crippen LogP contribution is -2.47. The van der Waals surface area contributed by atoms with Crippen molar-refractivity contribution in [1.82, 2.24) is 15.2 Å². The average Bonchev–Trinajstić information content (AvgIpc) is 3.07. The molecule has 0 atom stereocenters. The van der Waals surface area contributed by atoms with Gasteiger partial charge < -0.3 is 15.2 Å². The molecule has 5 nitrogen and oxygen atoms in total. The predicted molar refractivity (Wildman–Crippen MR) is 119 cm³/mol. The fourth-order valence-electron chi connectivity index (χ4n) is 4.20. The Hall–Kier alpha value is -2.86. The van der Waals surface area contributed by atoms with E-state index in [9.17, 15) is 9.18 Å². The number of halogens is 1. The third-order valence-electron chi connectivity index (χ3n) is 5.89. The molecule has 1 aliphatic heterocycles. The predicted octanol–water partition coefficient (Wildman–Crippen LogP) is 3.49. The van der Waals surface area contributed by atoms with Crippen LogP contribution in [0.15, 0.2) is 48.5 Å². The zero-order chi connectivity index (χ0) is 20.9. The van der Waals surface area contributed by atoms with Gasteiger partial charge in [-0.15, -0.1) is 0 Å². The van der Waals surface area contributed by atoms with Gasteiger partial charge >= 0.3 is 0 Å². The van der Waals surface area contributed by atoms with Crippen molar-refractivity contribution < 1.29 is 9.18 Å². The Labute approximate surface area is 176 Å². The van der Waals surface area contributed by atoms with Gasteiger partial charge in [0, 0.05) is 55.0 Å². The number of amides is 1. The number of nitrogens with one attached hydrogen (secondary N) is 2. The number of nitrogens with zero attached hydrogens (tertiary/aromatic N) is 2. The van der Waals surface area contributed by atoms with Crippen molar-refractivity contribution in [3.8, 4) is 0 Å². The molecule has 1 fully saturated rings. The van der Waals surface area contributed by atoms with Gasteiger partial charge in [-0.3, -0.25) is 9.69 Å². The number of carbonyl (C=O) groups excluding carboxylic acids is 1. The third-order valence-corrected chi connectivity index (χ3v) is 5.89. The molecule has 1 aromatic heterocycles. The van der Waals surface area contributed by atoms with Crippen molar-refractivity contribution in [3.63, 3.8) is 0 Å². The zero-order valence-corrected chi connectivity index (χ0v) is 17.5. The Bertz CT molecular complexity index is 993. The molecule has 158 valence electrons. The van der Waals surface area contributed by atoms with E-state index in [1.54, 1.807) is 6.07 Å². The number of aryl methyl sites for hydroxylation is 1. The highest BCUT2D eigenvalue weighted by Gasteiger charge is 2.17. The van der Waals surface area contributed by atoms with Crippen molar-refractivity contribution in [3.05, 3.63) is 65.6 Å². The molecule has 0 radical (unpaired) electrons. The number of aromatic amines is 1. The van der Waals surface area contributed by atoms with Crippen LogP contribution >= 0.6 is 0 Å². The first kappa shape index (κ1) is 20.4. The molecule has 30 heavy (non-hydrogen) atoms. The summed E-state index contributed by atoms with van der Waals surface area (Å²) in [5.74, 6) is -0.298. The number of H-pyrrole nitrogens is 1. The monoisotopic (exact) mass is 408 g/mol. The number of fused-ring (bicyclic) bond motifs is 1. The summed E-state index contributed by atoms with van der Waals surface area (Å²) in [6.45, 7) is 7.73. The lowest BCUT2D eigenvalue weighted by atomic mass is 10.1. The molecule has 2 N–H and O–H groups in total. The molecule has 3 aromatic rings. The maximum Gasteiger partial charge on any atom is 0.224 e. The molecule has 2 heterocycles. The quantitative estimate of drug-likeness (QED) is 0.589. The van der Waals surface area contributed by atoms with Gasteiger partial charge in [-0.25, -0.2) is 4.39 Å². The summed E-state index contributed by atoms with van der Waals surface area (Å²) in [7, 11) is 0. The number of hydrogen-bond acceptors (Lipinski definition) is 3. The van der Waals surface area contributed by atoms with E-state index in [0.717, 1.165) is 61.3 Å². The second-order valence-corrected chi connectivity index (χ2v) is 7.96. The van der Waals surface area contributed by atoms with Crippen LogP contribution in [0.1, 0.15) is 17.7 Å². The van der Waals surface area contributed by atoms with Crippen LogP contribution in [0.2, 0.25) is 0 Å². The van der Waals surface area contributed by atoms with Crippen molar-refractivity contribution in [2.45, 2.75) is 19.8 Å². The number of para-hydroxylation sites is 1. The highest BCUT2D eigenvalue weighted by Crippen LogP contribution is 2.23. The fraction of sp³-hybridized carbons (Fsp3) is 0.375. The van der Waals surface area contributed by atoms with Crippen LogP contribution in [0.25, 0.3) is 10.9 Å². The number of benzene rings is 2. The summed E-state index contributed by atoms with van der Waals surface area (Å²) >= 11 is 0. The van der Waals surface area contributed by atoms with E-state index < -0.39 is 0 Å². The highest BCUT2D eigenvalue weighted by atomic mass is 19.1. The van der Waals surface area contributed by atoms with E-state index >= 15 is 0 Å². The summed E-state index contributed by atoms with van der Waals surface area (Å²) in [4.78, 5) is 20.5. The number of rotatable bonds is 7. The maximum atomic E-state index is 13.6. The largest absolute Gasteiger partial charge is 0.369 e. The first-order valence-corrected chi connectivity index (χ1v) is 10.7. The molecular formula is C24H29FN4O. The molecule has 0 spiro atoms. The molecular weight excluding hydrogens is 379 g/mol. The van der Waals surface area contributed by atoms with Crippen molar-refractivity contribution in [1.29, 1.82) is 0 Å². The maximum absolute atomic E-state index is 13.6. The normalized spacial score (nSPS) is 14.9. The fourth-order valence-corrected chi connectivity index (χ4v) is 4.20. The second kappa shape index (κ2) is 9.30. The van der Waals surface area contributed by atoms with Crippen LogP contribution in [-0.4, -0.2) is 55.1 Å². The van der Waals surface area contributed by atoms with Crippen molar-refractivity contribution in [2.24, 2.45) is 0 Å². The molecule has 1 saturated heterocycles. The van der Waals surface area contributed by atoms with Crippen molar-refractivity contribution >= 4 is 22.5 Å². The first-order valence-electron chi connectivity index (χ1n) is 10.7. The minimum atomic E-state index is -0.282. The molecule has 6 heteroatoms. The Morgan fingerprint density at radius 1 is 1.10 bits per heavy atom. The Morgan fingerprint density at radius 2 is 1.87 bits per heavy atom. The Kier molecular flexibility index (Phi) is 6.33. The van der Waals surface area contributed by atoms with E-state index in [0.29, 0.717) is 6.54 Å². The third kappa shape index (κ3) is 4.82. The molecule has 0 aliphatic carbocycles. The first-order chi connectivity index (χ1) is 14.6. The number of anilines is 1. The van der Waals surface area contributed by atoms with Gasteiger partial charge in [-0.05, 0) is 55.8 Å². The minimum absolute atomic E-state index is 0.0165. The lowest BCUT2D eigenvalue weighted by Gasteiger charge is -2.36. The Balaban J connectivity index is 1.19. The lowest BCUT2D eigenvalue weighted by molar-refractivity contribution is -0.120. The van der Waals surface area contributed by atoms with Crippen LogP contribution in [0.5, 0.6) is 0 Å². The van der Waals surface area contributed by atoms with E-state index in [4.69, 9.17) is 0 Å². The molecule has 1 amide bonds. The summed E-state index contributed by atoms with van der Waals surface area (Å²) in [5, 5.41) is 3.81. The smallest absolute Gasteiger partial charge is 0.224 e. The molecule has 0 saturated carbocycles. The summed E-state index contributed by atoms with van der Waals surface area (Å²) in [6, 6.07) is 15.2. The van der Waals surface area contributed by atoms with Gasteiger partial charge in [-0.2, -0.15) is 0 Å². The highest BCUT2D eigenvalue weighted by molar-refractivity contribution is 5.90. The summed E-state index contributed by atoms with van der Waals surface area (Å²) < 4.78 is 13.6. The van der Waals surface area contributed by atoms with Gasteiger partial charge in [0.2, 0.25) is 5.91 Å². The molecule has 2 aromatic carbocycles. The van der Waals surface area contributed by atoms with E-state index in [1.165, 1.54) is 17.8 Å². The van der Waals surface area contributed by atoms with Crippen molar-refractivity contribution in [2.75, 3.05) is 44.2 Å². The SMILES string of the molecule is Cc1[nH]c2ccc(F)cc2c1CC(=O)NCCCN1CCN(c2ccccc2)CC1. The number of piperazine rings is 1. The molecule has 4 rings (SSSR count). The van der Waals surface area contributed by atoms with Gasteiger partial charge in [0.1, 0.15) is 5.82 Å². The number of aromatic nitrogens is 1. The van der Waals surface area contributed by atoms with Gasteiger partial charge in [0.05, 0.1) is 6.42 Å². The number of carbonyl (C=O) groups is 1. The van der Waals surface area contributed by atoms with Crippen LogP contribution in [0, 0.1) is 12.7 Å².